The van der Waals surface area contributed by atoms with Crippen LogP contribution >= 0.6 is 0 Å². The lowest BCUT2D eigenvalue weighted by Gasteiger charge is -2.22. The number of hydrogen-bond acceptors (Lipinski definition) is 5. The van der Waals surface area contributed by atoms with Gasteiger partial charge in [-0.25, -0.2) is 16.8 Å². The van der Waals surface area contributed by atoms with Crippen molar-refractivity contribution in [2.75, 3.05) is 24.4 Å². The van der Waals surface area contributed by atoms with E-state index in [0.29, 0.717) is 6.42 Å². The molecule has 1 atom stereocenters. The molecule has 1 N–H and O–H groups in total. The van der Waals surface area contributed by atoms with E-state index in [-0.39, 0.29) is 19.5 Å². The SMILES string of the molecule is CCC1(C(=O)O)CCN(S(=O)(=O)CS(C)(=O)=O)C1. The molecule has 0 aromatic heterocycles. The van der Waals surface area contributed by atoms with Crippen LogP contribution in [0.3, 0.4) is 0 Å². The van der Waals surface area contributed by atoms with Gasteiger partial charge in [-0.3, -0.25) is 4.79 Å². The highest BCUT2D eigenvalue weighted by Crippen LogP contribution is 2.35. The Bertz CT molecular complexity index is 537. The van der Waals surface area contributed by atoms with Gasteiger partial charge in [-0.15, -0.1) is 0 Å². The average Bonchev–Trinajstić information content (AvgIpc) is 2.59. The molecule has 1 heterocycles. The van der Waals surface area contributed by atoms with Crippen molar-refractivity contribution in [3.63, 3.8) is 0 Å². The summed E-state index contributed by atoms with van der Waals surface area (Å²) in [6.45, 7) is 1.58. The second-order valence-corrected chi connectivity index (χ2v) is 9.15. The summed E-state index contributed by atoms with van der Waals surface area (Å²) in [6, 6.07) is 0. The first-order valence-corrected chi connectivity index (χ1v) is 9.08. The van der Waals surface area contributed by atoms with Gasteiger partial charge in [0.1, 0.15) is 0 Å². The van der Waals surface area contributed by atoms with Crippen LogP contribution in [0.5, 0.6) is 0 Å². The van der Waals surface area contributed by atoms with E-state index < -0.39 is 36.3 Å². The normalized spacial score (nSPS) is 26.3. The number of aliphatic carboxylic acids is 1. The van der Waals surface area contributed by atoms with E-state index in [0.717, 1.165) is 10.6 Å². The number of hydrogen-bond donors (Lipinski definition) is 1. The maximum absolute atomic E-state index is 11.8. The zero-order valence-electron chi connectivity index (χ0n) is 10.3. The minimum Gasteiger partial charge on any atom is -0.481 e. The second kappa shape index (κ2) is 4.78. The third kappa shape index (κ3) is 3.21. The van der Waals surface area contributed by atoms with E-state index in [1.165, 1.54) is 0 Å². The van der Waals surface area contributed by atoms with Crippen molar-refractivity contribution in [1.29, 1.82) is 0 Å². The molecule has 0 spiro atoms. The van der Waals surface area contributed by atoms with Crippen LogP contribution in [-0.4, -0.2) is 56.6 Å². The van der Waals surface area contributed by atoms with Crippen molar-refractivity contribution < 1.29 is 26.7 Å². The van der Waals surface area contributed by atoms with E-state index in [2.05, 4.69) is 0 Å². The number of carbonyl (C=O) groups is 1. The van der Waals surface area contributed by atoms with Crippen molar-refractivity contribution in [3.05, 3.63) is 0 Å². The van der Waals surface area contributed by atoms with Crippen LogP contribution in [0.15, 0.2) is 0 Å². The summed E-state index contributed by atoms with van der Waals surface area (Å²) in [5.41, 5.74) is -1.09. The number of carboxylic acid groups (broad SMARTS) is 1. The van der Waals surface area contributed by atoms with E-state index in [4.69, 9.17) is 5.11 Å². The molecule has 0 aromatic rings. The molecule has 1 rings (SSSR count). The standard InChI is InChI=1S/C9H17NO6S2/c1-3-9(8(11)12)4-5-10(6-9)18(15,16)7-17(2,13)14/h3-7H2,1-2H3,(H,11,12). The first-order valence-electron chi connectivity index (χ1n) is 5.41. The van der Waals surface area contributed by atoms with Crippen LogP contribution in [0.25, 0.3) is 0 Å². The van der Waals surface area contributed by atoms with Gasteiger partial charge in [-0.1, -0.05) is 6.92 Å². The molecule has 1 saturated heterocycles. The summed E-state index contributed by atoms with van der Waals surface area (Å²) in [7, 11) is -7.61. The molecule has 18 heavy (non-hydrogen) atoms. The summed E-state index contributed by atoms with van der Waals surface area (Å²) in [5, 5.41) is 8.17. The topological polar surface area (TPSA) is 109 Å². The highest BCUT2D eigenvalue weighted by Gasteiger charge is 2.47. The van der Waals surface area contributed by atoms with Crippen LogP contribution in [0.1, 0.15) is 19.8 Å². The Hall–Kier alpha value is -0.670. The Morgan fingerprint density at radius 3 is 2.22 bits per heavy atom. The van der Waals surface area contributed by atoms with Gasteiger partial charge in [0.05, 0.1) is 5.41 Å². The molecule has 7 nitrogen and oxygen atoms in total. The predicted molar refractivity (Wildman–Crippen MR) is 65.2 cm³/mol. The zero-order chi connectivity index (χ0) is 14.2. The Kier molecular flexibility index (Phi) is 4.09. The number of sulfone groups is 1. The molecule has 0 radical (unpaired) electrons. The van der Waals surface area contributed by atoms with Crippen LogP contribution in [0.4, 0.5) is 0 Å². The minimum atomic E-state index is -3.95. The highest BCUT2D eigenvalue weighted by atomic mass is 32.3. The minimum absolute atomic E-state index is 0.0536. The first-order chi connectivity index (χ1) is 8.02. The third-order valence-electron chi connectivity index (χ3n) is 3.21. The van der Waals surface area contributed by atoms with Gasteiger partial charge in [-0.2, -0.15) is 4.31 Å². The van der Waals surface area contributed by atoms with Crippen LogP contribution < -0.4 is 0 Å². The number of nitrogens with zero attached hydrogens (tertiary/aromatic N) is 1. The lowest BCUT2D eigenvalue weighted by molar-refractivity contribution is -0.148. The molecule has 0 saturated carbocycles. The van der Waals surface area contributed by atoms with E-state index in [1.54, 1.807) is 6.92 Å². The molecule has 9 heteroatoms. The predicted octanol–water partition coefficient (Wildman–Crippen LogP) is -0.495. The zero-order valence-corrected chi connectivity index (χ0v) is 11.9. The van der Waals surface area contributed by atoms with Gasteiger partial charge in [0.25, 0.3) is 0 Å². The highest BCUT2D eigenvalue weighted by molar-refractivity contribution is 8.06. The van der Waals surface area contributed by atoms with Gasteiger partial charge in [-0.05, 0) is 12.8 Å². The molecule has 106 valence electrons. The molecule has 1 aliphatic heterocycles. The maximum atomic E-state index is 11.8. The fourth-order valence-corrected chi connectivity index (χ4v) is 5.61. The molecule has 1 aliphatic rings. The third-order valence-corrected chi connectivity index (χ3v) is 7.21. The molecule has 1 fully saturated rings. The van der Waals surface area contributed by atoms with Gasteiger partial charge < -0.3 is 5.11 Å². The summed E-state index contributed by atoms with van der Waals surface area (Å²) in [6.07, 6.45) is 1.36. The molecule has 1 unspecified atom stereocenters. The lowest BCUT2D eigenvalue weighted by Crippen LogP contribution is -2.38. The first kappa shape index (κ1) is 15.4. The van der Waals surface area contributed by atoms with E-state index in [1.807, 2.05) is 0 Å². The van der Waals surface area contributed by atoms with Crippen molar-refractivity contribution in [2.24, 2.45) is 5.41 Å². The van der Waals surface area contributed by atoms with Gasteiger partial charge >= 0.3 is 5.97 Å². The summed E-state index contributed by atoms with van der Waals surface area (Å²) < 4.78 is 46.7. The van der Waals surface area contributed by atoms with Crippen molar-refractivity contribution in [3.8, 4) is 0 Å². The van der Waals surface area contributed by atoms with E-state index in [9.17, 15) is 21.6 Å². The number of carboxylic acids is 1. The second-order valence-electron chi connectivity index (χ2n) is 4.68. The Morgan fingerprint density at radius 2 is 1.89 bits per heavy atom. The fourth-order valence-electron chi connectivity index (χ4n) is 2.03. The van der Waals surface area contributed by atoms with Crippen molar-refractivity contribution in [2.45, 2.75) is 19.8 Å². The molecular formula is C9H17NO6S2. The summed E-state index contributed by atoms with van der Waals surface area (Å²) in [5.74, 6) is -1.04. The summed E-state index contributed by atoms with van der Waals surface area (Å²) >= 11 is 0. The quantitative estimate of drug-likeness (QED) is 0.733. The van der Waals surface area contributed by atoms with Crippen LogP contribution in [0, 0.1) is 5.41 Å². The van der Waals surface area contributed by atoms with E-state index >= 15 is 0 Å². The molecule has 0 aliphatic carbocycles. The average molecular weight is 299 g/mol. The van der Waals surface area contributed by atoms with Gasteiger partial charge in [0.15, 0.2) is 14.9 Å². The molecule has 0 bridgehead atoms. The number of rotatable bonds is 5. The monoisotopic (exact) mass is 299 g/mol. The largest absolute Gasteiger partial charge is 0.481 e. The number of sulfonamides is 1. The Balaban J connectivity index is 2.94. The van der Waals surface area contributed by atoms with Crippen molar-refractivity contribution >= 4 is 25.8 Å². The smallest absolute Gasteiger partial charge is 0.311 e. The van der Waals surface area contributed by atoms with Gasteiger partial charge in [0.2, 0.25) is 10.0 Å². The Labute approximate surface area is 107 Å². The summed E-state index contributed by atoms with van der Waals surface area (Å²) in [4.78, 5) is 11.2. The Morgan fingerprint density at radius 1 is 1.33 bits per heavy atom. The maximum Gasteiger partial charge on any atom is 0.311 e. The van der Waals surface area contributed by atoms with Crippen LogP contribution in [-0.2, 0) is 24.7 Å². The fraction of sp³-hybridized carbons (Fsp3) is 0.889. The van der Waals surface area contributed by atoms with Gasteiger partial charge in [0, 0.05) is 19.3 Å². The van der Waals surface area contributed by atoms with Crippen LogP contribution in [0.2, 0.25) is 0 Å². The van der Waals surface area contributed by atoms with Crippen molar-refractivity contribution in [1.82, 2.24) is 4.31 Å². The lowest BCUT2D eigenvalue weighted by atomic mass is 9.85. The molecular weight excluding hydrogens is 282 g/mol. The molecule has 0 amide bonds. The molecule has 0 aromatic carbocycles.